The van der Waals surface area contributed by atoms with Gasteiger partial charge in [-0.3, -0.25) is 4.79 Å². The number of thiophene rings is 1. The Morgan fingerprint density at radius 1 is 1.37 bits per heavy atom. The van der Waals surface area contributed by atoms with Crippen LogP contribution < -0.4 is 4.72 Å². The van der Waals surface area contributed by atoms with Crippen LogP contribution in [-0.4, -0.2) is 25.5 Å². The summed E-state index contributed by atoms with van der Waals surface area (Å²) in [5.74, 6) is -1.85. The minimum atomic E-state index is -3.87. The summed E-state index contributed by atoms with van der Waals surface area (Å²) in [5.41, 5.74) is 0. The number of hydrogen-bond donors (Lipinski definition) is 2. The number of allylic oxidation sites excluding steroid dienone is 1. The van der Waals surface area contributed by atoms with Crippen molar-refractivity contribution in [2.75, 3.05) is 0 Å². The number of carboxylic acid groups (broad SMARTS) is 1. The Bertz CT molecular complexity index is 608. The Morgan fingerprint density at radius 2 is 2.05 bits per heavy atom. The molecular weight excluding hydrogens is 293 g/mol. The summed E-state index contributed by atoms with van der Waals surface area (Å²) < 4.78 is 39.0. The van der Waals surface area contributed by atoms with Crippen LogP contribution in [0.2, 0.25) is 0 Å². The van der Waals surface area contributed by atoms with Crippen LogP contribution in [0.25, 0.3) is 0 Å². The smallest absolute Gasteiger partial charge is 0.308 e. The van der Waals surface area contributed by atoms with Crippen LogP contribution >= 0.6 is 11.3 Å². The fraction of sp³-hybridized carbons (Fsp3) is 0.364. The first kappa shape index (κ1) is 14.2. The molecule has 1 heterocycles. The molecule has 0 unspecified atom stereocenters. The van der Waals surface area contributed by atoms with Gasteiger partial charge in [-0.2, -0.15) is 4.39 Å². The second-order valence-corrected chi connectivity index (χ2v) is 7.15. The van der Waals surface area contributed by atoms with Crippen molar-refractivity contribution in [1.29, 1.82) is 0 Å². The van der Waals surface area contributed by atoms with Crippen molar-refractivity contribution in [3.63, 3.8) is 0 Å². The van der Waals surface area contributed by atoms with Crippen molar-refractivity contribution in [2.24, 2.45) is 5.92 Å². The third-order valence-corrected chi connectivity index (χ3v) is 5.72. The van der Waals surface area contributed by atoms with E-state index in [1.165, 1.54) is 0 Å². The highest BCUT2D eigenvalue weighted by Gasteiger charge is 2.32. The van der Waals surface area contributed by atoms with Gasteiger partial charge in [-0.25, -0.2) is 13.1 Å². The Hall–Kier alpha value is -1.25. The van der Waals surface area contributed by atoms with Crippen LogP contribution in [0.15, 0.2) is 28.5 Å². The SMILES string of the molecule is O=C(O)[C@@H]1CC=CC[C@@H]1NS(=O)(=O)c1ccc(F)s1. The molecule has 2 N–H and O–H groups in total. The van der Waals surface area contributed by atoms with Crippen LogP contribution in [0.5, 0.6) is 0 Å². The average molecular weight is 305 g/mol. The number of carboxylic acids is 1. The van der Waals surface area contributed by atoms with Crippen molar-refractivity contribution >= 4 is 27.3 Å². The van der Waals surface area contributed by atoms with Gasteiger partial charge in [-0.05, 0) is 25.0 Å². The summed E-state index contributed by atoms with van der Waals surface area (Å²) in [4.78, 5) is 11.1. The van der Waals surface area contributed by atoms with E-state index in [2.05, 4.69) is 4.72 Å². The molecule has 0 saturated heterocycles. The number of halogens is 1. The number of nitrogens with one attached hydrogen (secondary N) is 1. The molecule has 1 aliphatic rings. The zero-order valence-corrected chi connectivity index (χ0v) is 11.4. The molecule has 1 aliphatic carbocycles. The van der Waals surface area contributed by atoms with Crippen LogP contribution in [0.4, 0.5) is 4.39 Å². The first-order chi connectivity index (χ1) is 8.90. The lowest BCUT2D eigenvalue weighted by molar-refractivity contribution is -0.142. The fourth-order valence-electron chi connectivity index (χ4n) is 1.92. The van der Waals surface area contributed by atoms with Crippen LogP contribution in [0, 0.1) is 11.0 Å². The molecule has 8 heteroatoms. The quantitative estimate of drug-likeness (QED) is 0.827. The molecule has 19 heavy (non-hydrogen) atoms. The van der Waals surface area contributed by atoms with E-state index < -0.39 is 33.1 Å². The molecule has 104 valence electrons. The van der Waals surface area contributed by atoms with Crippen molar-refractivity contribution in [1.82, 2.24) is 4.72 Å². The summed E-state index contributed by atoms with van der Waals surface area (Å²) in [5, 5.41) is 8.46. The highest BCUT2D eigenvalue weighted by Crippen LogP contribution is 2.24. The number of hydrogen-bond acceptors (Lipinski definition) is 4. The number of carbonyl (C=O) groups is 1. The predicted octanol–water partition coefficient (Wildman–Crippen LogP) is 1.58. The van der Waals surface area contributed by atoms with Gasteiger partial charge in [0.25, 0.3) is 0 Å². The van der Waals surface area contributed by atoms with Gasteiger partial charge in [-0.15, -0.1) is 0 Å². The second kappa shape index (κ2) is 5.40. The van der Waals surface area contributed by atoms with Crippen molar-refractivity contribution < 1.29 is 22.7 Å². The Kier molecular flexibility index (Phi) is 4.02. The number of rotatable bonds is 4. The van der Waals surface area contributed by atoms with E-state index in [1.807, 2.05) is 0 Å². The summed E-state index contributed by atoms with van der Waals surface area (Å²) in [6.07, 6.45) is 4.04. The van der Waals surface area contributed by atoms with Crippen molar-refractivity contribution in [3.8, 4) is 0 Å². The summed E-state index contributed by atoms with van der Waals surface area (Å²) in [6.45, 7) is 0. The molecule has 2 atom stereocenters. The largest absolute Gasteiger partial charge is 0.481 e. The zero-order chi connectivity index (χ0) is 14.0. The van der Waals surface area contributed by atoms with E-state index in [9.17, 15) is 17.6 Å². The predicted molar refractivity (Wildman–Crippen MR) is 67.9 cm³/mol. The van der Waals surface area contributed by atoms with E-state index in [4.69, 9.17) is 5.11 Å². The Morgan fingerprint density at radius 3 is 2.63 bits per heavy atom. The van der Waals surface area contributed by atoms with Gasteiger partial charge < -0.3 is 5.11 Å². The molecule has 0 aromatic carbocycles. The molecule has 1 aromatic rings. The zero-order valence-electron chi connectivity index (χ0n) is 9.74. The third-order valence-electron chi connectivity index (χ3n) is 2.87. The van der Waals surface area contributed by atoms with Gasteiger partial charge in [0.2, 0.25) is 10.0 Å². The number of aliphatic carboxylic acids is 1. The summed E-state index contributed by atoms with van der Waals surface area (Å²) in [7, 11) is -3.87. The summed E-state index contributed by atoms with van der Waals surface area (Å²) >= 11 is 0.510. The standard InChI is InChI=1S/C11H12FNO4S2/c12-9-5-6-10(18-9)19(16,17)13-8-4-2-1-3-7(8)11(14)15/h1-2,5-8,13H,3-4H2,(H,14,15)/t7-,8+/m1/s1. The van der Waals surface area contributed by atoms with E-state index in [0.717, 1.165) is 12.1 Å². The molecule has 0 amide bonds. The van der Waals surface area contributed by atoms with Gasteiger partial charge in [0, 0.05) is 6.04 Å². The summed E-state index contributed by atoms with van der Waals surface area (Å²) in [6, 6.07) is 1.52. The van der Waals surface area contributed by atoms with Gasteiger partial charge in [0.05, 0.1) is 5.92 Å². The van der Waals surface area contributed by atoms with E-state index in [1.54, 1.807) is 12.2 Å². The molecule has 0 spiro atoms. The van der Waals surface area contributed by atoms with E-state index in [0.29, 0.717) is 17.8 Å². The lowest BCUT2D eigenvalue weighted by Crippen LogP contribution is -2.43. The Balaban J connectivity index is 2.19. The normalized spacial score (nSPS) is 23.4. The lowest BCUT2D eigenvalue weighted by atomic mass is 9.90. The number of sulfonamides is 1. The molecule has 5 nitrogen and oxygen atoms in total. The highest BCUT2D eigenvalue weighted by molar-refractivity contribution is 7.91. The topological polar surface area (TPSA) is 83.5 Å². The van der Waals surface area contributed by atoms with Crippen molar-refractivity contribution in [3.05, 3.63) is 29.4 Å². The van der Waals surface area contributed by atoms with Crippen LogP contribution in [0.3, 0.4) is 0 Å². The van der Waals surface area contributed by atoms with Crippen LogP contribution in [-0.2, 0) is 14.8 Å². The molecule has 0 saturated carbocycles. The maximum atomic E-state index is 12.9. The molecule has 0 fully saturated rings. The maximum Gasteiger partial charge on any atom is 0.308 e. The lowest BCUT2D eigenvalue weighted by Gasteiger charge is -2.25. The van der Waals surface area contributed by atoms with Gasteiger partial charge >= 0.3 is 5.97 Å². The second-order valence-electron chi connectivity index (χ2n) is 4.17. The minimum Gasteiger partial charge on any atom is -0.481 e. The molecule has 2 rings (SSSR count). The highest BCUT2D eigenvalue weighted by atomic mass is 32.2. The van der Waals surface area contributed by atoms with Crippen molar-refractivity contribution in [2.45, 2.75) is 23.1 Å². The minimum absolute atomic E-state index is 0.149. The monoisotopic (exact) mass is 305 g/mol. The molecule has 0 aliphatic heterocycles. The fourth-order valence-corrected chi connectivity index (χ4v) is 4.23. The first-order valence-corrected chi connectivity index (χ1v) is 7.85. The molecular formula is C11H12FNO4S2. The first-order valence-electron chi connectivity index (χ1n) is 5.55. The molecule has 1 aromatic heterocycles. The molecule has 0 radical (unpaired) electrons. The maximum absolute atomic E-state index is 12.9. The average Bonchev–Trinajstić information content (AvgIpc) is 2.76. The van der Waals surface area contributed by atoms with E-state index >= 15 is 0 Å². The van der Waals surface area contributed by atoms with Gasteiger partial charge in [-0.1, -0.05) is 23.5 Å². The third kappa shape index (κ3) is 3.20. The Labute approximate surface area is 113 Å². The molecule has 0 bridgehead atoms. The van der Waals surface area contributed by atoms with E-state index in [-0.39, 0.29) is 10.6 Å². The van der Waals surface area contributed by atoms with Crippen LogP contribution in [0.1, 0.15) is 12.8 Å². The van der Waals surface area contributed by atoms with Gasteiger partial charge in [0.1, 0.15) is 4.21 Å². The van der Waals surface area contributed by atoms with Gasteiger partial charge in [0.15, 0.2) is 5.13 Å².